The van der Waals surface area contributed by atoms with E-state index in [-0.39, 0.29) is 5.56 Å². The maximum atomic E-state index is 13.1. The van der Waals surface area contributed by atoms with Crippen molar-refractivity contribution >= 4 is 44.5 Å². The monoisotopic (exact) mass is 350 g/mol. The molecule has 3 heterocycles. The Morgan fingerprint density at radius 1 is 1.12 bits per heavy atom. The maximum Gasteiger partial charge on any atom is 0.283 e. The van der Waals surface area contributed by atoms with Crippen LogP contribution in [0.1, 0.15) is 0 Å². The van der Waals surface area contributed by atoms with Gasteiger partial charge in [0, 0.05) is 35.1 Å². The third-order valence-electron chi connectivity index (χ3n) is 4.30. The smallest absolute Gasteiger partial charge is 0.283 e. The minimum absolute atomic E-state index is 0.204. The predicted molar refractivity (Wildman–Crippen MR) is 96.4 cm³/mol. The first-order chi connectivity index (χ1) is 12.1. The number of halogens is 1. The zero-order valence-electron chi connectivity index (χ0n) is 13.1. The lowest BCUT2D eigenvalue weighted by atomic mass is 10.1. The number of fused-ring (bicyclic) bond motifs is 4. The Balaban J connectivity index is 1.99. The molecular formula is C18H11ClN4O2. The van der Waals surface area contributed by atoms with E-state index < -0.39 is 0 Å². The molecule has 3 aromatic heterocycles. The Morgan fingerprint density at radius 2 is 2.00 bits per heavy atom. The van der Waals surface area contributed by atoms with E-state index >= 15 is 0 Å². The van der Waals surface area contributed by atoms with Crippen LogP contribution in [0.2, 0.25) is 5.02 Å². The number of hydrogen-bond donors (Lipinski definition) is 0. The molecule has 0 aliphatic carbocycles. The summed E-state index contributed by atoms with van der Waals surface area (Å²) < 4.78 is 8.63. The zero-order chi connectivity index (χ0) is 17.1. The van der Waals surface area contributed by atoms with Crippen molar-refractivity contribution in [1.82, 2.24) is 19.3 Å². The zero-order valence-corrected chi connectivity index (χ0v) is 13.9. The molecule has 0 amide bonds. The second kappa shape index (κ2) is 4.94. The summed E-state index contributed by atoms with van der Waals surface area (Å²) in [5.41, 5.74) is 2.95. The van der Waals surface area contributed by atoms with Gasteiger partial charge in [-0.25, -0.2) is 4.98 Å². The highest BCUT2D eigenvalue weighted by Gasteiger charge is 2.16. The SMILES string of the molecule is Cn1cc2c(n1)c(=O)n(-c1ccc3ncoc3c1)c1cc(Cl)ccc21. The van der Waals surface area contributed by atoms with Gasteiger partial charge in [-0.3, -0.25) is 14.0 Å². The van der Waals surface area contributed by atoms with Gasteiger partial charge in [0.15, 0.2) is 17.5 Å². The average molecular weight is 351 g/mol. The molecule has 0 fully saturated rings. The van der Waals surface area contributed by atoms with Crippen molar-refractivity contribution in [3.8, 4) is 5.69 Å². The molecule has 0 aliphatic rings. The van der Waals surface area contributed by atoms with Gasteiger partial charge in [-0.2, -0.15) is 5.10 Å². The highest BCUT2D eigenvalue weighted by Crippen LogP contribution is 2.27. The van der Waals surface area contributed by atoms with Gasteiger partial charge >= 0.3 is 0 Å². The van der Waals surface area contributed by atoms with Crippen molar-refractivity contribution in [3.63, 3.8) is 0 Å². The second-order valence-corrected chi connectivity index (χ2v) is 6.31. The number of benzene rings is 2. The van der Waals surface area contributed by atoms with Crippen LogP contribution in [-0.2, 0) is 7.05 Å². The van der Waals surface area contributed by atoms with Gasteiger partial charge in [-0.15, -0.1) is 0 Å². The molecule has 0 unspecified atom stereocenters. The molecule has 122 valence electrons. The van der Waals surface area contributed by atoms with Crippen LogP contribution in [0, 0.1) is 0 Å². The van der Waals surface area contributed by atoms with Gasteiger partial charge in [0.1, 0.15) is 5.52 Å². The van der Waals surface area contributed by atoms with Crippen LogP contribution in [0.15, 0.2) is 58.2 Å². The van der Waals surface area contributed by atoms with E-state index in [1.807, 2.05) is 30.5 Å². The van der Waals surface area contributed by atoms with Crippen molar-refractivity contribution in [3.05, 3.63) is 64.4 Å². The van der Waals surface area contributed by atoms with Gasteiger partial charge in [-0.1, -0.05) is 17.7 Å². The van der Waals surface area contributed by atoms with Crippen molar-refractivity contribution in [2.75, 3.05) is 0 Å². The van der Waals surface area contributed by atoms with Crippen molar-refractivity contribution in [2.24, 2.45) is 7.05 Å². The van der Waals surface area contributed by atoms with Gasteiger partial charge in [-0.05, 0) is 24.3 Å². The van der Waals surface area contributed by atoms with Gasteiger partial charge < -0.3 is 4.42 Å². The lowest BCUT2D eigenvalue weighted by molar-refractivity contribution is 0.602. The van der Waals surface area contributed by atoms with Crippen LogP contribution < -0.4 is 5.56 Å². The fourth-order valence-corrected chi connectivity index (χ4v) is 3.38. The highest BCUT2D eigenvalue weighted by atomic mass is 35.5. The van der Waals surface area contributed by atoms with E-state index in [0.29, 0.717) is 21.8 Å². The molecule has 2 aromatic carbocycles. The molecule has 0 atom stereocenters. The van der Waals surface area contributed by atoms with Gasteiger partial charge in [0.2, 0.25) is 0 Å². The summed E-state index contributed by atoms with van der Waals surface area (Å²) in [6.07, 6.45) is 3.23. The van der Waals surface area contributed by atoms with E-state index in [2.05, 4.69) is 10.1 Å². The molecule has 0 radical (unpaired) electrons. The molecule has 5 aromatic rings. The minimum atomic E-state index is -0.204. The lowest BCUT2D eigenvalue weighted by Crippen LogP contribution is -2.19. The molecule has 0 saturated carbocycles. The fourth-order valence-electron chi connectivity index (χ4n) is 3.22. The number of aromatic nitrogens is 4. The Labute approximate surface area is 145 Å². The molecule has 5 rings (SSSR count). The fraction of sp³-hybridized carbons (Fsp3) is 0.0556. The Hall–Kier alpha value is -3.12. The van der Waals surface area contributed by atoms with E-state index in [0.717, 1.165) is 21.8 Å². The number of pyridine rings is 1. The maximum absolute atomic E-state index is 13.1. The third kappa shape index (κ3) is 2.01. The molecule has 6 nitrogen and oxygen atoms in total. The predicted octanol–water partition coefficient (Wildman–Crippen LogP) is 3.67. The summed E-state index contributed by atoms with van der Waals surface area (Å²) >= 11 is 6.20. The number of aryl methyl sites for hydroxylation is 1. The Morgan fingerprint density at radius 3 is 2.88 bits per heavy atom. The molecule has 7 heteroatoms. The molecule has 25 heavy (non-hydrogen) atoms. The number of oxazole rings is 1. The summed E-state index contributed by atoms with van der Waals surface area (Å²) in [7, 11) is 1.80. The van der Waals surface area contributed by atoms with Gasteiger partial charge in [0.25, 0.3) is 5.56 Å². The van der Waals surface area contributed by atoms with Crippen LogP contribution in [0.5, 0.6) is 0 Å². The summed E-state index contributed by atoms with van der Waals surface area (Å²) in [5, 5.41) is 6.61. The van der Waals surface area contributed by atoms with Crippen LogP contribution in [0.25, 0.3) is 38.6 Å². The number of rotatable bonds is 1. The summed E-state index contributed by atoms with van der Waals surface area (Å²) in [6.45, 7) is 0. The Bertz CT molecular complexity index is 1350. The number of nitrogens with zero attached hydrogens (tertiary/aromatic N) is 4. The Kier molecular flexibility index (Phi) is 2.81. The molecule has 0 saturated heterocycles. The third-order valence-corrected chi connectivity index (χ3v) is 4.53. The summed E-state index contributed by atoms with van der Waals surface area (Å²) in [4.78, 5) is 17.3. The summed E-state index contributed by atoms with van der Waals surface area (Å²) in [5.74, 6) is 0. The van der Waals surface area contributed by atoms with Crippen molar-refractivity contribution < 1.29 is 4.42 Å². The first kappa shape index (κ1) is 14.2. The van der Waals surface area contributed by atoms with Crippen LogP contribution in [0.4, 0.5) is 0 Å². The van der Waals surface area contributed by atoms with E-state index in [4.69, 9.17) is 16.0 Å². The van der Waals surface area contributed by atoms with Crippen LogP contribution in [-0.4, -0.2) is 19.3 Å². The largest absolute Gasteiger partial charge is 0.443 e. The topological polar surface area (TPSA) is 65.8 Å². The summed E-state index contributed by atoms with van der Waals surface area (Å²) in [6, 6.07) is 10.9. The molecule has 0 spiro atoms. The number of hydrogen-bond acceptors (Lipinski definition) is 4. The van der Waals surface area contributed by atoms with Crippen LogP contribution in [0.3, 0.4) is 0 Å². The van der Waals surface area contributed by atoms with Gasteiger partial charge in [0.05, 0.1) is 11.2 Å². The van der Waals surface area contributed by atoms with Crippen LogP contribution >= 0.6 is 11.6 Å². The standard InChI is InChI=1S/C18H11ClN4O2/c1-22-8-13-12-4-2-10(19)6-15(12)23(18(24)17(13)21-22)11-3-5-14-16(7-11)25-9-20-14/h2-9H,1H3. The van der Waals surface area contributed by atoms with Crippen molar-refractivity contribution in [2.45, 2.75) is 0 Å². The molecule has 0 aliphatic heterocycles. The van der Waals surface area contributed by atoms with Crippen molar-refractivity contribution in [1.29, 1.82) is 0 Å². The van der Waals surface area contributed by atoms with E-state index in [9.17, 15) is 4.79 Å². The molecular weight excluding hydrogens is 340 g/mol. The molecule has 0 bridgehead atoms. The van der Waals surface area contributed by atoms with E-state index in [1.165, 1.54) is 6.39 Å². The average Bonchev–Trinajstić information content (AvgIpc) is 3.20. The molecule has 0 N–H and O–H groups in total. The lowest BCUT2D eigenvalue weighted by Gasteiger charge is -2.11. The first-order valence-electron chi connectivity index (χ1n) is 7.63. The first-order valence-corrected chi connectivity index (χ1v) is 8.01. The second-order valence-electron chi connectivity index (χ2n) is 5.87. The van der Waals surface area contributed by atoms with E-state index in [1.54, 1.807) is 28.4 Å². The highest BCUT2D eigenvalue weighted by molar-refractivity contribution is 6.31. The quantitative estimate of drug-likeness (QED) is 0.462. The minimum Gasteiger partial charge on any atom is -0.443 e. The normalized spacial score (nSPS) is 11.8.